The number of carbonyl (C=O) groups is 2. The Bertz CT molecular complexity index is 1970. The highest BCUT2D eigenvalue weighted by atomic mass is 16.6. The first kappa shape index (κ1) is 30.3. The number of aromatic nitrogens is 2. The van der Waals surface area contributed by atoms with Gasteiger partial charge < -0.3 is 10.1 Å². The van der Waals surface area contributed by atoms with Crippen molar-refractivity contribution in [3.8, 4) is 0 Å². The molecule has 0 radical (unpaired) electrons. The summed E-state index contributed by atoms with van der Waals surface area (Å²) in [5, 5.41) is 5.98. The first-order valence-electron chi connectivity index (χ1n) is 15.3. The van der Waals surface area contributed by atoms with Gasteiger partial charge >= 0.3 is 12.0 Å². The van der Waals surface area contributed by atoms with Crippen LogP contribution in [0.25, 0.3) is 10.9 Å². The number of amides is 1. The zero-order valence-corrected chi connectivity index (χ0v) is 26.0. The molecule has 0 aliphatic carbocycles. The third-order valence-corrected chi connectivity index (χ3v) is 8.42. The summed E-state index contributed by atoms with van der Waals surface area (Å²) < 4.78 is 7.49. The Labute approximate surface area is 267 Å². The van der Waals surface area contributed by atoms with Crippen LogP contribution in [0.1, 0.15) is 63.5 Å². The van der Waals surface area contributed by atoms with Crippen molar-refractivity contribution in [1.29, 1.82) is 0 Å². The van der Waals surface area contributed by atoms with Crippen LogP contribution >= 0.6 is 0 Å². The Hall–Kier alpha value is -5.69. The summed E-state index contributed by atoms with van der Waals surface area (Å²) in [4.78, 5) is 41.1. The largest absolute Gasteiger partial charge is 0.441 e. The molecular formula is C39H35N3O4. The molecule has 1 heterocycles. The minimum Gasteiger partial charge on any atom is -0.441 e. The Balaban J connectivity index is 1.40. The van der Waals surface area contributed by atoms with Crippen LogP contribution in [0.2, 0.25) is 0 Å². The molecule has 7 nitrogen and oxygen atoms in total. The number of aryl methyl sites for hydroxylation is 1. The summed E-state index contributed by atoms with van der Waals surface area (Å²) in [7, 11) is 0. The topological polar surface area (TPSA) is 93.2 Å². The van der Waals surface area contributed by atoms with Crippen molar-refractivity contribution in [3.63, 3.8) is 0 Å². The van der Waals surface area contributed by atoms with Crippen molar-refractivity contribution in [3.05, 3.63) is 177 Å². The molecule has 1 amide bonds. The molecule has 0 fully saturated rings. The van der Waals surface area contributed by atoms with Gasteiger partial charge in [-0.25, -0.2) is 9.59 Å². The molecule has 5 aromatic carbocycles. The molecule has 6 rings (SSSR count). The summed E-state index contributed by atoms with van der Waals surface area (Å²) in [6, 6.07) is 38.9. The van der Waals surface area contributed by atoms with Gasteiger partial charge in [0.05, 0.1) is 16.5 Å². The van der Waals surface area contributed by atoms with Gasteiger partial charge in [-0.05, 0) is 41.7 Å². The number of nitrogens with zero attached hydrogens (tertiary/aromatic N) is 1. The highest BCUT2D eigenvalue weighted by molar-refractivity contribution is 6.03. The Kier molecular flexibility index (Phi) is 8.40. The number of para-hydroxylation sites is 1. The van der Waals surface area contributed by atoms with E-state index in [2.05, 4.69) is 24.3 Å². The van der Waals surface area contributed by atoms with E-state index in [1.807, 2.05) is 116 Å². The van der Waals surface area contributed by atoms with Gasteiger partial charge in [-0.1, -0.05) is 129 Å². The third-order valence-electron chi connectivity index (χ3n) is 8.42. The second-order valence-electron chi connectivity index (χ2n) is 11.6. The van der Waals surface area contributed by atoms with Crippen molar-refractivity contribution >= 4 is 22.9 Å². The van der Waals surface area contributed by atoms with Crippen molar-refractivity contribution in [1.82, 2.24) is 15.1 Å². The lowest BCUT2D eigenvalue weighted by atomic mass is 9.80. The SMILES string of the molecule is Cc1cccc(C(C)C)c1CNC(=O)n1[nH]c2c(C(=O)OC(c3ccccc3)(c3ccccc3)c3ccccc3)cccc2c1=O. The van der Waals surface area contributed by atoms with Crippen LogP contribution in [0.5, 0.6) is 0 Å². The number of benzene rings is 5. The number of H-pyrrole nitrogens is 1. The van der Waals surface area contributed by atoms with Crippen molar-refractivity contribution in [2.24, 2.45) is 0 Å². The van der Waals surface area contributed by atoms with Gasteiger partial charge in [-0.2, -0.15) is 4.68 Å². The number of esters is 1. The lowest BCUT2D eigenvalue weighted by Crippen LogP contribution is -2.35. The maximum absolute atomic E-state index is 14.3. The molecule has 230 valence electrons. The van der Waals surface area contributed by atoms with E-state index in [0.717, 1.165) is 38.1 Å². The van der Waals surface area contributed by atoms with Gasteiger partial charge in [-0.15, -0.1) is 0 Å². The molecule has 0 saturated carbocycles. The average molecular weight is 610 g/mol. The van der Waals surface area contributed by atoms with Crippen LogP contribution in [-0.2, 0) is 16.9 Å². The maximum atomic E-state index is 14.3. The lowest BCUT2D eigenvalue weighted by molar-refractivity contribution is 0.0143. The first-order valence-corrected chi connectivity index (χ1v) is 15.3. The first-order chi connectivity index (χ1) is 22.3. The number of ether oxygens (including phenoxy) is 1. The minimum absolute atomic E-state index is 0.134. The highest BCUT2D eigenvalue weighted by Crippen LogP contribution is 2.41. The van der Waals surface area contributed by atoms with Gasteiger partial charge in [0.25, 0.3) is 5.56 Å². The van der Waals surface area contributed by atoms with E-state index in [1.54, 1.807) is 18.2 Å². The summed E-state index contributed by atoms with van der Waals surface area (Å²) in [5.74, 6) is -0.386. The van der Waals surface area contributed by atoms with Crippen LogP contribution in [-0.4, -0.2) is 21.8 Å². The van der Waals surface area contributed by atoms with Crippen LogP contribution in [0.3, 0.4) is 0 Å². The van der Waals surface area contributed by atoms with Gasteiger partial charge in [0.1, 0.15) is 0 Å². The number of aromatic amines is 1. The molecule has 0 aliphatic heterocycles. The number of fused-ring (bicyclic) bond motifs is 1. The molecule has 46 heavy (non-hydrogen) atoms. The van der Waals surface area contributed by atoms with E-state index in [4.69, 9.17) is 4.74 Å². The molecule has 0 saturated heterocycles. The fraction of sp³-hybridized carbons (Fsp3) is 0.154. The highest BCUT2D eigenvalue weighted by Gasteiger charge is 2.41. The fourth-order valence-corrected chi connectivity index (χ4v) is 6.09. The van der Waals surface area contributed by atoms with Crippen LogP contribution in [0.4, 0.5) is 4.79 Å². The van der Waals surface area contributed by atoms with Gasteiger partial charge in [0.15, 0.2) is 5.60 Å². The molecule has 0 spiro atoms. The standard InChI is InChI=1S/C39H35N3O4/c1-26(2)31-22-13-15-27(3)34(31)25-40-38(45)42-36(43)32-23-14-24-33(35(32)41-42)37(44)46-39(28-16-7-4-8-17-28,29-18-9-5-10-19-29)30-20-11-6-12-21-30/h4-24,26,41H,25H2,1-3H3,(H,40,45). The molecule has 7 heteroatoms. The van der Waals surface area contributed by atoms with E-state index >= 15 is 0 Å². The van der Waals surface area contributed by atoms with Crippen molar-refractivity contribution < 1.29 is 14.3 Å². The van der Waals surface area contributed by atoms with Crippen molar-refractivity contribution in [2.75, 3.05) is 0 Å². The predicted octanol–water partition coefficient (Wildman–Crippen LogP) is 7.67. The summed E-state index contributed by atoms with van der Waals surface area (Å²) in [5.41, 5.74) is 3.97. The number of hydrogen-bond donors (Lipinski definition) is 2. The van der Waals surface area contributed by atoms with Gasteiger partial charge in [0, 0.05) is 23.2 Å². The minimum atomic E-state index is -1.30. The molecule has 6 aromatic rings. The fourth-order valence-electron chi connectivity index (χ4n) is 6.09. The van der Waals surface area contributed by atoms with Gasteiger partial charge in [0.2, 0.25) is 0 Å². The van der Waals surface area contributed by atoms with E-state index in [-0.39, 0.29) is 28.9 Å². The quantitative estimate of drug-likeness (QED) is 0.137. The Morgan fingerprint density at radius 3 is 1.85 bits per heavy atom. The zero-order valence-electron chi connectivity index (χ0n) is 26.0. The second-order valence-corrected chi connectivity index (χ2v) is 11.6. The van der Waals surface area contributed by atoms with Crippen molar-refractivity contribution in [2.45, 2.75) is 38.8 Å². The zero-order chi connectivity index (χ0) is 32.3. The molecule has 0 atom stereocenters. The monoisotopic (exact) mass is 609 g/mol. The molecule has 1 aromatic heterocycles. The second kappa shape index (κ2) is 12.7. The molecule has 0 aliphatic rings. The average Bonchev–Trinajstić information content (AvgIpc) is 3.43. The Morgan fingerprint density at radius 2 is 1.30 bits per heavy atom. The van der Waals surface area contributed by atoms with Crippen LogP contribution < -0.4 is 10.9 Å². The third kappa shape index (κ3) is 5.52. The molecule has 0 unspecified atom stereocenters. The van der Waals surface area contributed by atoms with Crippen LogP contribution in [0, 0.1) is 6.92 Å². The van der Waals surface area contributed by atoms with E-state index in [0.29, 0.717) is 0 Å². The van der Waals surface area contributed by atoms with Crippen LogP contribution in [0.15, 0.2) is 132 Å². The van der Waals surface area contributed by atoms with Gasteiger partial charge in [-0.3, -0.25) is 9.89 Å². The van der Waals surface area contributed by atoms with E-state index in [1.165, 1.54) is 0 Å². The number of rotatable bonds is 8. The van der Waals surface area contributed by atoms with E-state index in [9.17, 15) is 14.4 Å². The molecule has 2 N–H and O–H groups in total. The predicted molar refractivity (Wildman–Crippen MR) is 180 cm³/mol. The number of hydrogen-bond acceptors (Lipinski definition) is 4. The summed E-state index contributed by atoms with van der Waals surface area (Å²) in [6.45, 7) is 6.46. The maximum Gasteiger partial charge on any atom is 0.343 e. The summed E-state index contributed by atoms with van der Waals surface area (Å²) in [6.07, 6.45) is 0. The lowest BCUT2D eigenvalue weighted by Gasteiger charge is -2.35. The van der Waals surface area contributed by atoms with E-state index < -0.39 is 23.2 Å². The normalized spacial score (nSPS) is 11.5. The number of carbonyl (C=O) groups excluding carboxylic acids is 2. The molecular weight excluding hydrogens is 574 g/mol. The Morgan fingerprint density at radius 1 is 0.761 bits per heavy atom. The molecule has 0 bridgehead atoms. The summed E-state index contributed by atoms with van der Waals surface area (Å²) >= 11 is 0. The smallest absolute Gasteiger partial charge is 0.343 e. The number of nitrogens with one attached hydrogen (secondary N) is 2.